The Morgan fingerprint density at radius 2 is 1.77 bits per heavy atom. The summed E-state index contributed by atoms with van der Waals surface area (Å²) in [5.41, 5.74) is -0.541. The van der Waals surface area contributed by atoms with Gasteiger partial charge in [0.15, 0.2) is 0 Å². The van der Waals surface area contributed by atoms with E-state index < -0.39 is 17.9 Å². The third kappa shape index (κ3) is 2.37. The number of aryl methyl sites for hydroxylation is 1. The number of hydrogen-bond donors (Lipinski definition) is 0. The number of halogens is 2. The molecule has 0 saturated carbocycles. The number of alkyl halides is 2. The normalized spacial score (nSPS) is 9.77. The second-order valence-corrected chi connectivity index (χ2v) is 2.12. The van der Waals surface area contributed by atoms with Crippen LogP contribution in [0.25, 0.3) is 0 Å². The van der Waals surface area contributed by atoms with Crippen LogP contribution < -0.4 is 5.69 Å². The van der Waals surface area contributed by atoms with Crippen molar-refractivity contribution in [3.8, 4) is 0 Å². The smallest absolute Gasteiger partial charge is 0.277 e. The van der Waals surface area contributed by atoms with Gasteiger partial charge >= 0.3 is 5.69 Å². The molecule has 0 spiro atoms. The summed E-state index contributed by atoms with van der Waals surface area (Å²) in [5.74, 6) is -0.502. The second-order valence-electron chi connectivity index (χ2n) is 2.12. The Labute approximate surface area is 74.8 Å². The van der Waals surface area contributed by atoms with Gasteiger partial charge in [-0.3, -0.25) is 4.57 Å². The SMILES string of the molecule is CC.Cn1nc(C(F)F)n(C)c1=O. The number of nitrogens with zero attached hydrogens (tertiary/aromatic N) is 3. The molecule has 0 fully saturated rings. The van der Waals surface area contributed by atoms with E-state index in [2.05, 4.69) is 5.10 Å². The van der Waals surface area contributed by atoms with Crippen LogP contribution in [0.5, 0.6) is 0 Å². The van der Waals surface area contributed by atoms with Gasteiger partial charge in [-0.25, -0.2) is 18.3 Å². The molecular weight excluding hydrogens is 180 g/mol. The van der Waals surface area contributed by atoms with E-state index in [0.717, 1.165) is 9.25 Å². The molecule has 0 radical (unpaired) electrons. The molecule has 0 unspecified atom stereocenters. The highest BCUT2D eigenvalue weighted by atomic mass is 19.3. The molecule has 0 N–H and O–H groups in total. The van der Waals surface area contributed by atoms with Crippen LogP contribution in [-0.4, -0.2) is 14.3 Å². The fourth-order valence-electron chi connectivity index (χ4n) is 0.769. The van der Waals surface area contributed by atoms with Gasteiger partial charge in [0.1, 0.15) is 0 Å². The molecule has 0 aliphatic rings. The average molecular weight is 193 g/mol. The van der Waals surface area contributed by atoms with Crippen LogP contribution in [0.3, 0.4) is 0 Å². The van der Waals surface area contributed by atoms with Gasteiger partial charge < -0.3 is 0 Å². The van der Waals surface area contributed by atoms with Crippen molar-refractivity contribution in [1.29, 1.82) is 0 Å². The van der Waals surface area contributed by atoms with Gasteiger partial charge in [0.25, 0.3) is 6.43 Å². The zero-order valence-electron chi connectivity index (χ0n) is 8.08. The number of rotatable bonds is 1. The van der Waals surface area contributed by atoms with E-state index in [9.17, 15) is 13.6 Å². The van der Waals surface area contributed by atoms with Crippen LogP contribution in [0, 0.1) is 0 Å². The third-order valence-corrected chi connectivity index (χ3v) is 1.36. The number of hydrogen-bond acceptors (Lipinski definition) is 2. The first-order valence-electron chi connectivity index (χ1n) is 3.92. The molecule has 1 aromatic heterocycles. The minimum atomic E-state index is -2.70. The summed E-state index contributed by atoms with van der Waals surface area (Å²) < 4.78 is 25.7. The lowest BCUT2D eigenvalue weighted by Gasteiger charge is -1.93. The Hall–Kier alpha value is -1.20. The van der Waals surface area contributed by atoms with Crippen LogP contribution in [0.1, 0.15) is 26.1 Å². The molecule has 0 aromatic carbocycles. The van der Waals surface area contributed by atoms with Crippen LogP contribution in [-0.2, 0) is 14.1 Å². The van der Waals surface area contributed by atoms with E-state index in [-0.39, 0.29) is 0 Å². The predicted molar refractivity (Wildman–Crippen MR) is 44.8 cm³/mol. The van der Waals surface area contributed by atoms with Crippen molar-refractivity contribution in [3.63, 3.8) is 0 Å². The molecule has 0 aliphatic heterocycles. The molecule has 0 bridgehead atoms. The first kappa shape index (κ1) is 11.8. The third-order valence-electron chi connectivity index (χ3n) is 1.36. The molecule has 1 aromatic rings. The van der Waals surface area contributed by atoms with Crippen molar-refractivity contribution in [1.82, 2.24) is 14.3 Å². The van der Waals surface area contributed by atoms with Gasteiger partial charge in [-0.05, 0) is 0 Å². The molecule has 13 heavy (non-hydrogen) atoms. The quantitative estimate of drug-likeness (QED) is 0.669. The fourth-order valence-corrected chi connectivity index (χ4v) is 0.769. The molecule has 0 saturated heterocycles. The minimum Gasteiger partial charge on any atom is -0.277 e. The molecule has 0 aliphatic carbocycles. The zero-order chi connectivity index (χ0) is 10.6. The summed E-state index contributed by atoms with van der Waals surface area (Å²) in [6.07, 6.45) is -2.70. The maximum Gasteiger partial charge on any atom is 0.345 e. The monoisotopic (exact) mass is 193 g/mol. The van der Waals surface area contributed by atoms with Gasteiger partial charge in [-0.2, -0.15) is 0 Å². The lowest BCUT2D eigenvalue weighted by Crippen LogP contribution is -2.20. The fraction of sp³-hybridized carbons (Fsp3) is 0.714. The summed E-state index contributed by atoms with van der Waals surface area (Å²) in [4.78, 5) is 10.8. The van der Waals surface area contributed by atoms with Crippen molar-refractivity contribution in [2.24, 2.45) is 14.1 Å². The molecule has 1 rings (SSSR count). The van der Waals surface area contributed by atoms with Gasteiger partial charge in [-0.1, -0.05) is 13.8 Å². The topological polar surface area (TPSA) is 39.8 Å². The van der Waals surface area contributed by atoms with E-state index in [1.165, 1.54) is 14.1 Å². The van der Waals surface area contributed by atoms with Gasteiger partial charge in [0.2, 0.25) is 5.82 Å². The van der Waals surface area contributed by atoms with Crippen molar-refractivity contribution in [2.45, 2.75) is 20.3 Å². The highest BCUT2D eigenvalue weighted by molar-refractivity contribution is 4.86. The van der Waals surface area contributed by atoms with Gasteiger partial charge in [-0.15, -0.1) is 5.10 Å². The Kier molecular flexibility index (Phi) is 4.30. The molecule has 1 heterocycles. The summed E-state index contributed by atoms with van der Waals surface area (Å²) in [6.45, 7) is 4.00. The van der Waals surface area contributed by atoms with Crippen LogP contribution in [0.2, 0.25) is 0 Å². The van der Waals surface area contributed by atoms with Crippen molar-refractivity contribution in [3.05, 3.63) is 16.3 Å². The van der Waals surface area contributed by atoms with E-state index in [1.54, 1.807) is 0 Å². The minimum absolute atomic E-state index is 0.502. The highest BCUT2D eigenvalue weighted by Gasteiger charge is 2.16. The largest absolute Gasteiger partial charge is 0.345 e. The molecule has 76 valence electrons. The molecular formula is C7H13F2N3O. The van der Waals surface area contributed by atoms with E-state index in [0.29, 0.717) is 0 Å². The van der Waals surface area contributed by atoms with E-state index in [1.807, 2.05) is 13.8 Å². The van der Waals surface area contributed by atoms with Crippen molar-refractivity contribution >= 4 is 0 Å². The summed E-state index contributed by atoms with van der Waals surface area (Å²) >= 11 is 0. The number of aromatic nitrogens is 3. The van der Waals surface area contributed by atoms with Crippen LogP contribution in [0.15, 0.2) is 4.79 Å². The van der Waals surface area contributed by atoms with Gasteiger partial charge in [0, 0.05) is 14.1 Å². The van der Waals surface area contributed by atoms with Gasteiger partial charge in [0.05, 0.1) is 0 Å². The van der Waals surface area contributed by atoms with E-state index in [4.69, 9.17) is 0 Å². The van der Waals surface area contributed by atoms with Crippen molar-refractivity contribution in [2.75, 3.05) is 0 Å². The zero-order valence-corrected chi connectivity index (χ0v) is 8.08. The Balaban J connectivity index is 0.000000671. The maximum absolute atomic E-state index is 12.0. The summed E-state index contributed by atoms with van der Waals surface area (Å²) in [6, 6.07) is 0. The van der Waals surface area contributed by atoms with Crippen LogP contribution >= 0.6 is 0 Å². The maximum atomic E-state index is 12.0. The average Bonchev–Trinajstić information content (AvgIpc) is 2.36. The molecule has 0 atom stereocenters. The van der Waals surface area contributed by atoms with Crippen molar-refractivity contribution < 1.29 is 8.78 Å². The molecule has 6 heteroatoms. The summed E-state index contributed by atoms with van der Waals surface area (Å²) in [7, 11) is 2.59. The Morgan fingerprint density at radius 1 is 1.31 bits per heavy atom. The highest BCUT2D eigenvalue weighted by Crippen LogP contribution is 2.12. The Bertz CT molecular complexity index is 316. The predicted octanol–water partition coefficient (Wildman–Crippen LogP) is 1.08. The van der Waals surface area contributed by atoms with Crippen LogP contribution in [0.4, 0.5) is 8.78 Å². The second kappa shape index (κ2) is 4.74. The lowest BCUT2D eigenvalue weighted by atomic mass is 10.6. The first-order valence-corrected chi connectivity index (χ1v) is 3.92. The molecule has 0 amide bonds. The Morgan fingerprint density at radius 3 is 1.92 bits per heavy atom. The lowest BCUT2D eigenvalue weighted by molar-refractivity contribution is 0.135. The summed E-state index contributed by atoms with van der Waals surface area (Å²) in [5, 5.41) is 3.33. The van der Waals surface area contributed by atoms with E-state index >= 15 is 0 Å². The first-order chi connectivity index (χ1) is 6.04. The standard InChI is InChI=1S/C5H7F2N3O.C2H6/c1-9-4(3(6)7)8-10(2)5(9)11;1-2/h3H,1-2H3;1-2H3. The molecule has 4 nitrogen and oxygen atoms in total.